The number of carbonyl (C=O) groups is 1. The summed E-state index contributed by atoms with van der Waals surface area (Å²) in [6.07, 6.45) is 1.79. The molecule has 0 spiro atoms. The molecule has 1 rings (SSSR count). The number of piperidine rings is 1. The van der Waals surface area contributed by atoms with Crippen molar-refractivity contribution in [3.05, 3.63) is 0 Å². The Morgan fingerprint density at radius 3 is 2.50 bits per heavy atom. The molecule has 0 saturated carbocycles. The summed E-state index contributed by atoms with van der Waals surface area (Å²) in [5, 5.41) is 3.35. The molecule has 0 radical (unpaired) electrons. The molecule has 1 aliphatic heterocycles. The van der Waals surface area contributed by atoms with E-state index in [1.165, 1.54) is 4.31 Å². The summed E-state index contributed by atoms with van der Waals surface area (Å²) in [5.41, 5.74) is 0. The van der Waals surface area contributed by atoms with Crippen LogP contribution in [-0.4, -0.2) is 51.6 Å². The molecule has 7 nitrogen and oxygen atoms in total. The molecule has 1 fully saturated rings. The van der Waals surface area contributed by atoms with Gasteiger partial charge < -0.3 is 10.1 Å². The number of nitrogens with zero attached hydrogens (tertiary/aromatic N) is 1. The van der Waals surface area contributed by atoms with E-state index >= 15 is 0 Å². The number of hydrogen-bond acceptors (Lipinski definition) is 5. The zero-order chi connectivity index (χ0) is 15.0. The molecule has 1 saturated heterocycles. The highest BCUT2D eigenvalue weighted by Gasteiger charge is 2.29. The molecule has 20 heavy (non-hydrogen) atoms. The number of hydrogen-bond donors (Lipinski definition) is 2. The molecule has 0 aromatic rings. The highest BCUT2D eigenvalue weighted by atomic mass is 32.2. The van der Waals surface area contributed by atoms with Crippen LogP contribution in [0.4, 0.5) is 4.79 Å². The van der Waals surface area contributed by atoms with Crippen molar-refractivity contribution in [3.63, 3.8) is 0 Å². The molecule has 0 aromatic heterocycles. The predicted molar refractivity (Wildman–Crippen MR) is 76.5 cm³/mol. The molecule has 1 aliphatic rings. The Kier molecular flexibility index (Phi) is 7.25. The maximum atomic E-state index is 11.9. The number of ether oxygens (including phenoxy) is 1. The summed E-state index contributed by atoms with van der Waals surface area (Å²) in [6, 6.07) is 0. The Morgan fingerprint density at radius 1 is 1.30 bits per heavy atom. The van der Waals surface area contributed by atoms with E-state index in [1.54, 1.807) is 6.92 Å². The monoisotopic (exact) mass is 307 g/mol. The van der Waals surface area contributed by atoms with Crippen molar-refractivity contribution in [1.82, 2.24) is 14.3 Å². The van der Waals surface area contributed by atoms with Crippen LogP contribution >= 0.6 is 0 Å². The third-order valence-corrected chi connectivity index (χ3v) is 4.73. The van der Waals surface area contributed by atoms with Gasteiger partial charge in [0.05, 0.1) is 6.61 Å². The second-order valence-corrected chi connectivity index (χ2v) is 6.54. The summed E-state index contributed by atoms with van der Waals surface area (Å²) >= 11 is 0. The van der Waals surface area contributed by atoms with E-state index in [-0.39, 0.29) is 6.61 Å². The Morgan fingerprint density at radius 2 is 1.95 bits per heavy atom. The van der Waals surface area contributed by atoms with Crippen molar-refractivity contribution in [2.45, 2.75) is 33.1 Å². The Balaban J connectivity index is 2.38. The van der Waals surface area contributed by atoms with Crippen molar-refractivity contribution in [2.24, 2.45) is 5.92 Å². The van der Waals surface area contributed by atoms with Gasteiger partial charge in [-0.3, -0.25) is 0 Å². The molecular formula is C12H25N3O4S. The fourth-order valence-electron chi connectivity index (χ4n) is 2.17. The maximum absolute atomic E-state index is 11.9. The first kappa shape index (κ1) is 17.2. The van der Waals surface area contributed by atoms with Crippen LogP contribution in [0.25, 0.3) is 0 Å². The van der Waals surface area contributed by atoms with E-state index in [0.29, 0.717) is 19.0 Å². The van der Waals surface area contributed by atoms with E-state index in [9.17, 15) is 13.2 Å². The first-order chi connectivity index (χ1) is 9.49. The van der Waals surface area contributed by atoms with Gasteiger partial charge >= 0.3 is 16.3 Å². The zero-order valence-electron chi connectivity index (χ0n) is 12.2. The average Bonchev–Trinajstić information content (AvgIpc) is 2.39. The Bertz CT molecular complexity index is 392. The lowest BCUT2D eigenvalue weighted by molar-refractivity contribution is 0.157. The second-order valence-electron chi connectivity index (χ2n) is 4.87. The van der Waals surface area contributed by atoms with Crippen LogP contribution in [0.1, 0.15) is 33.1 Å². The normalized spacial score (nSPS) is 17.9. The van der Waals surface area contributed by atoms with E-state index in [1.807, 2.05) is 4.72 Å². The largest absolute Gasteiger partial charge is 0.449 e. The summed E-state index contributed by atoms with van der Waals surface area (Å²) in [6.45, 7) is 6.67. The van der Waals surface area contributed by atoms with Gasteiger partial charge in [-0.25, -0.2) is 9.52 Å². The first-order valence-corrected chi connectivity index (χ1v) is 8.59. The number of carbonyl (C=O) groups excluding carboxylic acids is 1. The predicted octanol–water partition coefficient (Wildman–Crippen LogP) is 0.689. The van der Waals surface area contributed by atoms with Gasteiger partial charge in [0.2, 0.25) is 0 Å². The van der Waals surface area contributed by atoms with Crippen LogP contribution in [0, 0.1) is 5.92 Å². The smallest absolute Gasteiger partial charge is 0.421 e. The van der Waals surface area contributed by atoms with Crippen LogP contribution in [-0.2, 0) is 14.9 Å². The minimum atomic E-state index is -3.76. The minimum absolute atomic E-state index is 0.145. The molecule has 1 amide bonds. The molecule has 0 bridgehead atoms. The van der Waals surface area contributed by atoms with Gasteiger partial charge in [0, 0.05) is 13.1 Å². The van der Waals surface area contributed by atoms with Crippen molar-refractivity contribution >= 4 is 16.3 Å². The van der Waals surface area contributed by atoms with Gasteiger partial charge in [0.15, 0.2) is 0 Å². The van der Waals surface area contributed by atoms with E-state index < -0.39 is 16.3 Å². The average molecular weight is 307 g/mol. The number of amides is 1. The SMILES string of the molecule is CCCNCC1CCN(S(=O)(=O)NC(=O)OCC)CC1. The minimum Gasteiger partial charge on any atom is -0.449 e. The van der Waals surface area contributed by atoms with Crippen LogP contribution in [0.2, 0.25) is 0 Å². The first-order valence-electron chi connectivity index (χ1n) is 7.15. The molecule has 118 valence electrons. The van der Waals surface area contributed by atoms with E-state index in [2.05, 4.69) is 17.0 Å². The van der Waals surface area contributed by atoms with Gasteiger partial charge in [-0.1, -0.05) is 6.92 Å². The van der Waals surface area contributed by atoms with Crippen LogP contribution < -0.4 is 10.0 Å². The quantitative estimate of drug-likeness (QED) is 0.676. The fraction of sp³-hybridized carbons (Fsp3) is 0.917. The van der Waals surface area contributed by atoms with Crippen LogP contribution in [0.5, 0.6) is 0 Å². The zero-order valence-corrected chi connectivity index (χ0v) is 13.0. The fourth-order valence-corrected chi connectivity index (χ4v) is 3.26. The summed E-state index contributed by atoms with van der Waals surface area (Å²) in [7, 11) is -3.76. The van der Waals surface area contributed by atoms with Crippen molar-refractivity contribution in [1.29, 1.82) is 0 Å². The van der Waals surface area contributed by atoms with Crippen molar-refractivity contribution in [2.75, 3.05) is 32.8 Å². The molecule has 0 unspecified atom stereocenters. The van der Waals surface area contributed by atoms with Crippen molar-refractivity contribution in [3.8, 4) is 0 Å². The van der Waals surface area contributed by atoms with Crippen LogP contribution in [0.15, 0.2) is 0 Å². The topological polar surface area (TPSA) is 87.7 Å². The van der Waals surface area contributed by atoms with E-state index in [4.69, 9.17) is 0 Å². The van der Waals surface area contributed by atoms with Gasteiger partial charge in [-0.2, -0.15) is 12.7 Å². The molecule has 0 aliphatic carbocycles. The third-order valence-electron chi connectivity index (χ3n) is 3.26. The van der Waals surface area contributed by atoms with Crippen molar-refractivity contribution < 1.29 is 17.9 Å². The van der Waals surface area contributed by atoms with Gasteiger partial charge in [0.1, 0.15) is 0 Å². The Labute approximate surface area is 121 Å². The number of rotatable bonds is 7. The lowest BCUT2D eigenvalue weighted by atomic mass is 9.98. The highest BCUT2D eigenvalue weighted by Crippen LogP contribution is 2.18. The summed E-state index contributed by atoms with van der Waals surface area (Å²) in [5.74, 6) is 0.496. The lowest BCUT2D eigenvalue weighted by Gasteiger charge is -2.30. The summed E-state index contributed by atoms with van der Waals surface area (Å²) < 4.78 is 31.7. The molecule has 2 N–H and O–H groups in total. The molecule has 0 aromatic carbocycles. The molecule has 1 heterocycles. The third kappa shape index (κ3) is 5.64. The highest BCUT2D eigenvalue weighted by molar-refractivity contribution is 7.87. The van der Waals surface area contributed by atoms with Gasteiger partial charge in [-0.15, -0.1) is 0 Å². The maximum Gasteiger partial charge on any atom is 0.421 e. The number of nitrogens with one attached hydrogen (secondary N) is 2. The molecule has 8 heteroatoms. The standard InChI is InChI=1S/C12H25N3O4S/c1-3-7-13-10-11-5-8-15(9-6-11)20(17,18)14-12(16)19-4-2/h11,13H,3-10H2,1-2H3,(H,14,16). The second kappa shape index (κ2) is 8.43. The lowest BCUT2D eigenvalue weighted by Crippen LogP contribution is -2.47. The summed E-state index contributed by atoms with van der Waals surface area (Å²) in [4.78, 5) is 11.2. The van der Waals surface area contributed by atoms with E-state index in [0.717, 1.165) is 32.4 Å². The Hall–Kier alpha value is -0.860. The van der Waals surface area contributed by atoms with Gasteiger partial charge in [-0.05, 0) is 45.2 Å². The van der Waals surface area contributed by atoms with Crippen LogP contribution in [0.3, 0.4) is 0 Å². The van der Waals surface area contributed by atoms with Gasteiger partial charge in [0.25, 0.3) is 0 Å². The molecule has 0 atom stereocenters. The molecular weight excluding hydrogens is 282 g/mol.